The number of rotatable bonds is 6. The molecule has 0 aliphatic carbocycles. The van der Waals surface area contributed by atoms with E-state index in [1.54, 1.807) is 36.1 Å². The molecule has 0 saturated carbocycles. The van der Waals surface area contributed by atoms with Crippen LogP contribution >= 0.6 is 0 Å². The van der Waals surface area contributed by atoms with Gasteiger partial charge in [0.15, 0.2) is 17.2 Å². The van der Waals surface area contributed by atoms with Crippen molar-refractivity contribution in [1.29, 1.82) is 0 Å². The van der Waals surface area contributed by atoms with Gasteiger partial charge in [-0.2, -0.15) is 5.10 Å². The van der Waals surface area contributed by atoms with E-state index >= 15 is 0 Å². The molecule has 2 aliphatic heterocycles. The average molecular weight is 401 g/mol. The average Bonchev–Trinajstić information content (AvgIpc) is 3.41. The number of fused-ring (bicyclic) bond motifs is 1. The van der Waals surface area contributed by atoms with Gasteiger partial charge in [-0.05, 0) is 38.0 Å². The van der Waals surface area contributed by atoms with Gasteiger partial charge in [0.25, 0.3) is 5.91 Å². The first-order chi connectivity index (χ1) is 14.1. The number of ether oxygens (including phenoxy) is 4. The molecule has 154 valence electrons. The highest BCUT2D eigenvalue weighted by atomic mass is 16.7. The van der Waals surface area contributed by atoms with Gasteiger partial charge < -0.3 is 23.8 Å². The van der Waals surface area contributed by atoms with Crippen LogP contribution in [0.15, 0.2) is 24.3 Å². The number of carbonyl (C=O) groups excluding carboxylic acids is 2. The van der Waals surface area contributed by atoms with Crippen molar-refractivity contribution in [3.8, 4) is 17.2 Å². The lowest BCUT2D eigenvalue weighted by atomic mass is 9.98. The summed E-state index contributed by atoms with van der Waals surface area (Å²) >= 11 is 0. The normalized spacial score (nSPS) is 17.8. The lowest BCUT2D eigenvalue weighted by Gasteiger charge is -2.31. The van der Waals surface area contributed by atoms with Gasteiger partial charge in [0.05, 0.1) is 18.2 Å². The van der Waals surface area contributed by atoms with E-state index in [0.29, 0.717) is 48.3 Å². The van der Waals surface area contributed by atoms with Gasteiger partial charge in [0.2, 0.25) is 6.79 Å². The quantitative estimate of drug-likeness (QED) is 0.740. The molecule has 29 heavy (non-hydrogen) atoms. The molecular weight excluding hydrogens is 378 g/mol. The Bertz CT molecular complexity index is 896. The van der Waals surface area contributed by atoms with Gasteiger partial charge in [-0.1, -0.05) is 0 Å². The van der Waals surface area contributed by atoms with E-state index in [-0.39, 0.29) is 31.2 Å². The first-order valence-electron chi connectivity index (χ1n) is 9.66. The Kier molecular flexibility index (Phi) is 5.55. The maximum Gasteiger partial charge on any atom is 0.310 e. The third kappa shape index (κ3) is 4.28. The van der Waals surface area contributed by atoms with Crippen LogP contribution < -0.4 is 14.2 Å². The predicted octanol–water partition coefficient (Wildman–Crippen LogP) is 2.13. The number of benzene rings is 1. The summed E-state index contributed by atoms with van der Waals surface area (Å²) in [4.78, 5) is 26.4. The second-order valence-corrected chi connectivity index (χ2v) is 6.92. The van der Waals surface area contributed by atoms with Crippen molar-refractivity contribution in [2.75, 3.05) is 26.5 Å². The van der Waals surface area contributed by atoms with E-state index in [4.69, 9.17) is 18.9 Å². The molecule has 2 aliphatic rings. The number of amides is 1. The summed E-state index contributed by atoms with van der Waals surface area (Å²) < 4.78 is 21.4. The number of piperidine rings is 1. The van der Waals surface area contributed by atoms with Crippen molar-refractivity contribution in [3.63, 3.8) is 0 Å². The minimum Gasteiger partial charge on any atom is -0.487 e. The van der Waals surface area contributed by atoms with E-state index < -0.39 is 0 Å². The van der Waals surface area contributed by atoms with E-state index in [1.165, 1.54) is 0 Å². The number of nitrogens with zero attached hydrogens (tertiary/aromatic N) is 2. The third-order valence-electron chi connectivity index (χ3n) is 4.92. The van der Waals surface area contributed by atoms with Crippen LogP contribution in [0.5, 0.6) is 17.2 Å². The molecular formula is C20H23N3O6. The van der Waals surface area contributed by atoms with Crippen LogP contribution in [0.3, 0.4) is 0 Å². The smallest absolute Gasteiger partial charge is 0.310 e. The fraction of sp³-hybridized carbons (Fsp3) is 0.450. The second kappa shape index (κ2) is 8.42. The monoisotopic (exact) mass is 401 g/mol. The first-order valence-corrected chi connectivity index (χ1v) is 9.66. The first kappa shape index (κ1) is 19.1. The van der Waals surface area contributed by atoms with Gasteiger partial charge in [-0.3, -0.25) is 14.7 Å². The molecule has 4 rings (SSSR count). The highest BCUT2D eigenvalue weighted by Crippen LogP contribution is 2.35. The maximum atomic E-state index is 12.8. The minimum atomic E-state index is -0.277. The molecule has 0 unspecified atom stereocenters. The van der Waals surface area contributed by atoms with E-state index in [1.807, 2.05) is 0 Å². The van der Waals surface area contributed by atoms with Crippen molar-refractivity contribution >= 4 is 11.9 Å². The summed E-state index contributed by atoms with van der Waals surface area (Å²) in [5.74, 6) is 1.23. The zero-order valence-corrected chi connectivity index (χ0v) is 16.2. The Morgan fingerprint density at radius 1 is 1.28 bits per heavy atom. The van der Waals surface area contributed by atoms with Gasteiger partial charge in [0, 0.05) is 19.2 Å². The lowest BCUT2D eigenvalue weighted by Crippen LogP contribution is -2.43. The Morgan fingerprint density at radius 3 is 3.00 bits per heavy atom. The molecule has 1 aromatic carbocycles. The van der Waals surface area contributed by atoms with Crippen LogP contribution in [-0.2, 0) is 16.1 Å². The molecule has 3 heterocycles. The molecule has 1 N–H and O–H groups in total. The van der Waals surface area contributed by atoms with Crippen LogP contribution in [0.4, 0.5) is 0 Å². The Labute approximate surface area is 167 Å². The number of aromatic nitrogens is 2. The zero-order valence-electron chi connectivity index (χ0n) is 16.2. The Balaban J connectivity index is 1.34. The molecule has 1 aromatic heterocycles. The van der Waals surface area contributed by atoms with Crippen molar-refractivity contribution in [2.45, 2.75) is 26.4 Å². The minimum absolute atomic E-state index is 0.204. The molecule has 1 saturated heterocycles. The van der Waals surface area contributed by atoms with Crippen molar-refractivity contribution < 1.29 is 28.5 Å². The molecule has 0 bridgehead atoms. The van der Waals surface area contributed by atoms with Crippen LogP contribution in [0, 0.1) is 5.92 Å². The van der Waals surface area contributed by atoms with Crippen LogP contribution in [0.25, 0.3) is 0 Å². The fourth-order valence-electron chi connectivity index (χ4n) is 3.45. The predicted molar refractivity (Wildman–Crippen MR) is 101 cm³/mol. The summed E-state index contributed by atoms with van der Waals surface area (Å²) in [6.45, 7) is 3.51. The molecule has 0 spiro atoms. The van der Waals surface area contributed by atoms with Crippen molar-refractivity contribution in [2.24, 2.45) is 5.92 Å². The van der Waals surface area contributed by atoms with Crippen LogP contribution in [-0.4, -0.2) is 53.5 Å². The third-order valence-corrected chi connectivity index (χ3v) is 4.92. The topological polar surface area (TPSA) is 103 Å². The van der Waals surface area contributed by atoms with E-state index in [2.05, 4.69) is 10.2 Å². The molecule has 9 heteroatoms. The molecule has 1 fully saturated rings. The fourth-order valence-corrected chi connectivity index (χ4v) is 3.45. The number of likely N-dealkylation sites (tertiary alicyclic amines) is 1. The number of carbonyl (C=O) groups is 2. The largest absolute Gasteiger partial charge is 0.487 e. The summed E-state index contributed by atoms with van der Waals surface area (Å²) in [7, 11) is 0. The van der Waals surface area contributed by atoms with Gasteiger partial charge in [0.1, 0.15) is 12.4 Å². The lowest BCUT2D eigenvalue weighted by molar-refractivity contribution is -0.149. The van der Waals surface area contributed by atoms with Crippen LogP contribution in [0.1, 0.15) is 35.9 Å². The van der Waals surface area contributed by atoms with Gasteiger partial charge >= 0.3 is 5.97 Å². The number of hydrogen-bond acceptors (Lipinski definition) is 7. The number of esters is 1. The Hall–Kier alpha value is -3.23. The molecule has 0 radical (unpaired) electrons. The molecule has 1 amide bonds. The number of H-pyrrole nitrogens is 1. The summed E-state index contributed by atoms with van der Waals surface area (Å²) in [5.41, 5.74) is 0.976. The SMILES string of the molecule is CCOC(=O)[C@H]1CCCN(C(=O)c2cc(COc3ccc4c(c3)OCO4)[nH]n2)C1. The van der Waals surface area contributed by atoms with Gasteiger partial charge in [-0.25, -0.2) is 0 Å². The highest BCUT2D eigenvalue weighted by molar-refractivity contribution is 5.92. The van der Waals surface area contributed by atoms with Crippen molar-refractivity contribution in [1.82, 2.24) is 15.1 Å². The molecule has 2 aromatic rings. The van der Waals surface area contributed by atoms with E-state index in [9.17, 15) is 9.59 Å². The highest BCUT2D eigenvalue weighted by Gasteiger charge is 2.30. The number of aromatic amines is 1. The Morgan fingerprint density at radius 2 is 2.14 bits per heavy atom. The summed E-state index contributed by atoms with van der Waals surface area (Å²) in [6, 6.07) is 7.01. The molecule has 9 nitrogen and oxygen atoms in total. The number of hydrogen-bond donors (Lipinski definition) is 1. The van der Waals surface area contributed by atoms with Gasteiger partial charge in [-0.15, -0.1) is 0 Å². The zero-order chi connectivity index (χ0) is 20.2. The maximum absolute atomic E-state index is 12.8. The number of nitrogens with one attached hydrogen (secondary N) is 1. The standard InChI is InChI=1S/C20H23N3O6/c1-2-26-20(25)13-4-3-7-23(10-13)19(24)16-8-14(21-22-16)11-27-15-5-6-17-18(9-15)29-12-28-17/h5-6,8-9,13H,2-4,7,10-12H2,1H3,(H,21,22)/t13-/m0/s1. The summed E-state index contributed by atoms with van der Waals surface area (Å²) in [5, 5.41) is 6.94. The van der Waals surface area contributed by atoms with Crippen molar-refractivity contribution in [3.05, 3.63) is 35.7 Å². The second-order valence-electron chi connectivity index (χ2n) is 6.92. The van der Waals surface area contributed by atoms with Crippen LogP contribution in [0.2, 0.25) is 0 Å². The summed E-state index contributed by atoms with van der Waals surface area (Å²) in [6.07, 6.45) is 1.50. The van der Waals surface area contributed by atoms with E-state index in [0.717, 1.165) is 12.8 Å². The molecule has 1 atom stereocenters.